The second-order valence-electron chi connectivity index (χ2n) is 11.8. The molecule has 5 rings (SSSR count). The molecule has 1 spiro atoms. The predicted octanol–water partition coefficient (Wildman–Crippen LogP) is 5.68. The summed E-state index contributed by atoms with van der Waals surface area (Å²) >= 11 is 0. The van der Waals surface area contributed by atoms with Gasteiger partial charge in [-0.25, -0.2) is 0 Å². The van der Waals surface area contributed by atoms with Crippen molar-refractivity contribution < 1.29 is 9.53 Å². The first kappa shape index (κ1) is 26.1. The standard InChI is InChI=1S/C33H41NO2Si/c1-32(2,3)37(29-18-9-5-10-19-29,30-20-11-6-12-21-30)36-26-28-17-13-23-33(24-14-22-31(33)35)34(28)25-27-15-7-4-8-16-27/h4-12,14-16,18-22,28,31,35H,13,17,23-26H2,1-3H3/t28-,31+,33-/m1/s1. The highest BCUT2D eigenvalue weighted by Crippen LogP contribution is 2.43. The summed E-state index contributed by atoms with van der Waals surface area (Å²) in [6.07, 6.45) is 7.85. The molecule has 4 heteroatoms. The van der Waals surface area contributed by atoms with Gasteiger partial charge in [0, 0.05) is 12.6 Å². The van der Waals surface area contributed by atoms with Crippen molar-refractivity contribution in [2.24, 2.45) is 0 Å². The molecule has 0 saturated carbocycles. The first-order chi connectivity index (χ1) is 17.9. The van der Waals surface area contributed by atoms with Crippen LogP contribution in [0.15, 0.2) is 103 Å². The number of rotatable bonds is 7. The van der Waals surface area contributed by atoms with Crippen LogP contribution in [0.2, 0.25) is 5.04 Å². The maximum atomic E-state index is 11.2. The molecule has 3 aromatic rings. The van der Waals surface area contributed by atoms with Gasteiger partial charge in [-0.05, 0) is 46.7 Å². The number of likely N-dealkylation sites (tertiary alicyclic amines) is 1. The zero-order valence-electron chi connectivity index (χ0n) is 22.5. The van der Waals surface area contributed by atoms with Crippen molar-refractivity contribution in [2.75, 3.05) is 6.61 Å². The monoisotopic (exact) mass is 511 g/mol. The van der Waals surface area contributed by atoms with Crippen LogP contribution >= 0.6 is 0 Å². The van der Waals surface area contributed by atoms with Gasteiger partial charge in [0.25, 0.3) is 8.32 Å². The van der Waals surface area contributed by atoms with Gasteiger partial charge in [0.1, 0.15) is 0 Å². The number of hydrogen-bond acceptors (Lipinski definition) is 3. The fourth-order valence-electron chi connectivity index (χ4n) is 6.77. The Labute approximate surface area is 223 Å². The van der Waals surface area contributed by atoms with Crippen LogP contribution in [0, 0.1) is 0 Å². The van der Waals surface area contributed by atoms with Gasteiger partial charge >= 0.3 is 0 Å². The summed E-state index contributed by atoms with van der Waals surface area (Å²) < 4.78 is 7.41. The van der Waals surface area contributed by atoms with E-state index < -0.39 is 14.4 Å². The number of aliphatic hydroxyl groups excluding tert-OH is 1. The van der Waals surface area contributed by atoms with Gasteiger partial charge in [-0.2, -0.15) is 0 Å². The van der Waals surface area contributed by atoms with E-state index >= 15 is 0 Å². The number of hydrogen-bond donors (Lipinski definition) is 1. The molecule has 0 radical (unpaired) electrons. The van der Waals surface area contributed by atoms with Gasteiger partial charge < -0.3 is 9.53 Å². The summed E-state index contributed by atoms with van der Waals surface area (Å²) in [6.45, 7) is 8.51. The lowest BCUT2D eigenvalue weighted by atomic mass is 9.79. The topological polar surface area (TPSA) is 32.7 Å². The minimum atomic E-state index is -2.63. The first-order valence-electron chi connectivity index (χ1n) is 13.8. The molecule has 1 N–H and O–H groups in total. The molecule has 0 aromatic heterocycles. The largest absolute Gasteiger partial charge is 0.406 e. The molecule has 1 aliphatic heterocycles. The number of nitrogens with zero attached hydrogens (tertiary/aromatic N) is 1. The normalized spacial score (nSPS) is 24.5. The highest BCUT2D eigenvalue weighted by Gasteiger charge is 2.53. The lowest BCUT2D eigenvalue weighted by Crippen LogP contribution is -2.68. The van der Waals surface area contributed by atoms with Gasteiger partial charge in [0.05, 0.1) is 18.2 Å². The van der Waals surface area contributed by atoms with Crippen molar-refractivity contribution >= 4 is 18.7 Å². The molecule has 1 fully saturated rings. The molecule has 0 bridgehead atoms. The van der Waals surface area contributed by atoms with Crippen LogP contribution in [-0.2, 0) is 11.0 Å². The molecule has 1 saturated heterocycles. The highest BCUT2D eigenvalue weighted by atomic mass is 28.4. The maximum Gasteiger partial charge on any atom is 0.261 e. The zero-order chi connectivity index (χ0) is 25.9. The maximum absolute atomic E-state index is 11.2. The lowest BCUT2D eigenvalue weighted by Gasteiger charge is -2.53. The van der Waals surface area contributed by atoms with Crippen LogP contribution in [0.3, 0.4) is 0 Å². The summed E-state index contributed by atoms with van der Waals surface area (Å²) in [6, 6.07) is 32.8. The molecule has 194 valence electrons. The van der Waals surface area contributed by atoms with Crippen molar-refractivity contribution in [3.05, 3.63) is 109 Å². The Balaban J connectivity index is 1.53. The third kappa shape index (κ3) is 4.88. The summed E-state index contributed by atoms with van der Waals surface area (Å²) in [5, 5.41) is 13.8. The van der Waals surface area contributed by atoms with Crippen molar-refractivity contribution in [1.29, 1.82) is 0 Å². The van der Waals surface area contributed by atoms with E-state index in [-0.39, 0.29) is 16.6 Å². The minimum Gasteiger partial charge on any atom is -0.406 e. The highest BCUT2D eigenvalue weighted by molar-refractivity contribution is 6.99. The molecule has 0 unspecified atom stereocenters. The number of aliphatic hydroxyl groups is 1. The average molecular weight is 512 g/mol. The third-order valence-electron chi connectivity index (χ3n) is 8.60. The van der Waals surface area contributed by atoms with Crippen LogP contribution in [0.5, 0.6) is 0 Å². The van der Waals surface area contributed by atoms with Crippen LogP contribution in [0.1, 0.15) is 52.0 Å². The van der Waals surface area contributed by atoms with E-state index in [4.69, 9.17) is 4.43 Å². The van der Waals surface area contributed by atoms with Crippen molar-refractivity contribution in [3.63, 3.8) is 0 Å². The molecule has 3 nitrogen and oxygen atoms in total. The first-order valence-corrected chi connectivity index (χ1v) is 15.7. The Morgan fingerprint density at radius 2 is 1.46 bits per heavy atom. The molecule has 3 atom stereocenters. The third-order valence-corrected chi connectivity index (χ3v) is 13.6. The fourth-order valence-corrected chi connectivity index (χ4v) is 11.4. The Morgan fingerprint density at radius 3 is 1.97 bits per heavy atom. The molecular weight excluding hydrogens is 470 g/mol. The van der Waals surface area contributed by atoms with Crippen LogP contribution in [0.4, 0.5) is 0 Å². The Morgan fingerprint density at radius 1 is 0.892 bits per heavy atom. The van der Waals surface area contributed by atoms with Gasteiger partial charge in [-0.1, -0.05) is 124 Å². The fraction of sp³-hybridized carbons (Fsp3) is 0.394. The van der Waals surface area contributed by atoms with E-state index in [1.165, 1.54) is 15.9 Å². The second kappa shape index (κ2) is 10.7. The summed E-state index contributed by atoms with van der Waals surface area (Å²) in [5.41, 5.74) is 1.05. The van der Waals surface area contributed by atoms with E-state index in [0.717, 1.165) is 32.2 Å². The smallest absolute Gasteiger partial charge is 0.261 e. The zero-order valence-corrected chi connectivity index (χ0v) is 23.5. The molecule has 1 aliphatic carbocycles. The van der Waals surface area contributed by atoms with Crippen molar-refractivity contribution in [3.8, 4) is 0 Å². The molecule has 37 heavy (non-hydrogen) atoms. The number of piperidine rings is 1. The van der Waals surface area contributed by atoms with Crippen LogP contribution < -0.4 is 10.4 Å². The summed E-state index contributed by atoms with van der Waals surface area (Å²) in [5.74, 6) is 0. The van der Waals surface area contributed by atoms with Gasteiger partial charge in [0.2, 0.25) is 0 Å². The van der Waals surface area contributed by atoms with Crippen LogP contribution in [0.25, 0.3) is 0 Å². The van der Waals surface area contributed by atoms with E-state index in [1.54, 1.807) is 0 Å². The lowest BCUT2D eigenvalue weighted by molar-refractivity contribution is -0.0732. The van der Waals surface area contributed by atoms with Crippen molar-refractivity contribution in [2.45, 2.75) is 75.7 Å². The van der Waals surface area contributed by atoms with Gasteiger partial charge in [-0.3, -0.25) is 4.90 Å². The van der Waals surface area contributed by atoms with Gasteiger partial charge in [0.15, 0.2) is 0 Å². The number of benzene rings is 3. The Bertz CT molecular complexity index is 1140. The minimum absolute atomic E-state index is 0.0548. The van der Waals surface area contributed by atoms with Gasteiger partial charge in [-0.15, -0.1) is 0 Å². The Hall–Kier alpha value is -2.50. The van der Waals surface area contributed by atoms with E-state index in [1.807, 2.05) is 6.08 Å². The summed E-state index contributed by atoms with van der Waals surface area (Å²) in [4.78, 5) is 2.59. The SMILES string of the molecule is CC(C)(C)[Si](OC[C@H]1CCC[C@]2(CC=C[C@@H]2O)N1Cc1ccccc1)(c1ccccc1)c1ccccc1. The quantitative estimate of drug-likeness (QED) is 0.327. The molecule has 0 amide bonds. The second-order valence-corrected chi connectivity index (χ2v) is 16.1. The summed E-state index contributed by atoms with van der Waals surface area (Å²) in [7, 11) is -2.63. The Kier molecular flexibility index (Phi) is 7.55. The molecule has 1 heterocycles. The van der Waals surface area contributed by atoms with E-state index in [0.29, 0.717) is 6.61 Å². The predicted molar refractivity (Wildman–Crippen MR) is 156 cm³/mol. The average Bonchev–Trinajstić information content (AvgIpc) is 3.27. The molecule has 2 aliphatic rings. The van der Waals surface area contributed by atoms with E-state index in [9.17, 15) is 5.11 Å². The molecular formula is C33H41NO2Si. The van der Waals surface area contributed by atoms with Crippen LogP contribution in [-0.4, -0.2) is 42.6 Å². The van der Waals surface area contributed by atoms with Crippen molar-refractivity contribution in [1.82, 2.24) is 4.90 Å². The molecule has 3 aromatic carbocycles. The van der Waals surface area contributed by atoms with E-state index in [2.05, 4.69) is 123 Å².